The van der Waals surface area contributed by atoms with E-state index < -0.39 is 0 Å². The Morgan fingerprint density at radius 1 is 1.06 bits per heavy atom. The lowest BCUT2D eigenvalue weighted by atomic mass is 10.2. The van der Waals surface area contributed by atoms with Crippen LogP contribution < -0.4 is 5.43 Å². The first kappa shape index (κ1) is 11.6. The molecule has 2 aromatic rings. The summed E-state index contributed by atoms with van der Waals surface area (Å²) in [5.41, 5.74) is 4.33. The van der Waals surface area contributed by atoms with Crippen molar-refractivity contribution in [2.24, 2.45) is 5.10 Å². The predicted molar refractivity (Wildman–Crippen MR) is 69.1 cm³/mol. The molecule has 86 valence electrons. The molecule has 0 aliphatic heterocycles. The van der Waals surface area contributed by atoms with Gasteiger partial charge in [-0.15, -0.1) is 0 Å². The van der Waals surface area contributed by atoms with Crippen molar-refractivity contribution in [2.75, 3.05) is 5.43 Å². The fraction of sp³-hybridized carbons (Fsp3) is 0. The van der Waals surface area contributed by atoms with Crippen molar-refractivity contribution >= 4 is 23.5 Å². The van der Waals surface area contributed by atoms with E-state index >= 15 is 0 Å². The lowest BCUT2D eigenvalue weighted by Crippen LogP contribution is -1.91. The van der Waals surface area contributed by atoms with Crippen LogP contribution in [0.2, 0.25) is 5.02 Å². The van der Waals surface area contributed by atoms with Gasteiger partial charge in [-0.2, -0.15) is 5.10 Å². The van der Waals surface area contributed by atoms with Gasteiger partial charge in [0.15, 0.2) is 0 Å². The molecule has 0 saturated heterocycles. The number of hydrogen-bond acceptors (Lipinski definition) is 2. The molecule has 0 radical (unpaired) electrons. The highest BCUT2D eigenvalue weighted by Gasteiger charge is 1.94. The molecule has 4 heteroatoms. The van der Waals surface area contributed by atoms with Gasteiger partial charge in [0.05, 0.1) is 11.9 Å². The minimum Gasteiger partial charge on any atom is -0.279 e. The summed E-state index contributed by atoms with van der Waals surface area (Å²) < 4.78 is 12.6. The number of anilines is 1. The van der Waals surface area contributed by atoms with Crippen LogP contribution in [0.4, 0.5) is 10.1 Å². The van der Waals surface area contributed by atoms with Gasteiger partial charge < -0.3 is 0 Å². The van der Waals surface area contributed by atoms with Crippen molar-refractivity contribution in [2.45, 2.75) is 0 Å². The van der Waals surface area contributed by atoms with Crippen LogP contribution in [0.25, 0.3) is 0 Å². The molecule has 0 aliphatic rings. The minimum absolute atomic E-state index is 0.273. The van der Waals surface area contributed by atoms with Crippen LogP contribution in [-0.4, -0.2) is 6.21 Å². The first-order valence-corrected chi connectivity index (χ1v) is 5.43. The van der Waals surface area contributed by atoms with E-state index in [1.807, 2.05) is 18.2 Å². The van der Waals surface area contributed by atoms with E-state index in [0.717, 1.165) is 11.3 Å². The molecule has 0 aromatic heterocycles. The molecule has 0 fully saturated rings. The first-order chi connectivity index (χ1) is 8.25. The number of halogens is 2. The summed E-state index contributed by atoms with van der Waals surface area (Å²) in [5.74, 6) is -0.273. The molecule has 0 saturated carbocycles. The van der Waals surface area contributed by atoms with Crippen molar-refractivity contribution in [3.05, 3.63) is 64.9 Å². The molecule has 0 bridgehead atoms. The lowest BCUT2D eigenvalue weighted by molar-refractivity contribution is 0.628. The van der Waals surface area contributed by atoms with Crippen molar-refractivity contribution in [1.82, 2.24) is 0 Å². The quantitative estimate of drug-likeness (QED) is 0.646. The Morgan fingerprint density at radius 2 is 1.76 bits per heavy atom. The maximum absolute atomic E-state index is 12.6. The molecular formula is C13H10ClFN2. The molecule has 0 spiro atoms. The van der Waals surface area contributed by atoms with Gasteiger partial charge in [0, 0.05) is 10.6 Å². The van der Waals surface area contributed by atoms with Crippen LogP contribution in [0.5, 0.6) is 0 Å². The molecule has 0 unspecified atom stereocenters. The summed E-state index contributed by atoms with van der Waals surface area (Å²) in [5, 5.41) is 4.66. The molecule has 0 aliphatic carbocycles. The van der Waals surface area contributed by atoms with Crippen LogP contribution >= 0.6 is 11.6 Å². The SMILES string of the molecule is Fc1ccc(N/N=C\c2ccccc2Cl)cc1. The largest absolute Gasteiger partial charge is 0.279 e. The van der Waals surface area contributed by atoms with Crippen LogP contribution in [0.3, 0.4) is 0 Å². The van der Waals surface area contributed by atoms with E-state index in [9.17, 15) is 4.39 Å². The highest BCUT2D eigenvalue weighted by molar-refractivity contribution is 6.33. The second-order valence-electron chi connectivity index (χ2n) is 3.40. The third-order valence-corrected chi connectivity index (χ3v) is 2.49. The highest BCUT2D eigenvalue weighted by atomic mass is 35.5. The summed E-state index contributed by atoms with van der Waals surface area (Å²) >= 11 is 5.96. The second kappa shape index (κ2) is 5.46. The van der Waals surface area contributed by atoms with Crippen LogP contribution in [0.15, 0.2) is 53.6 Å². The normalized spacial score (nSPS) is 10.7. The molecule has 2 aromatic carbocycles. The molecule has 2 rings (SSSR count). The molecule has 0 heterocycles. The van der Waals surface area contributed by atoms with Gasteiger partial charge in [-0.3, -0.25) is 5.43 Å². The van der Waals surface area contributed by atoms with E-state index in [-0.39, 0.29) is 5.82 Å². The number of hydrogen-bond donors (Lipinski definition) is 1. The van der Waals surface area contributed by atoms with Gasteiger partial charge in [0.25, 0.3) is 0 Å². The van der Waals surface area contributed by atoms with E-state index in [1.54, 1.807) is 24.4 Å². The lowest BCUT2D eigenvalue weighted by Gasteiger charge is -2.00. The summed E-state index contributed by atoms with van der Waals surface area (Å²) in [6, 6.07) is 13.3. The smallest absolute Gasteiger partial charge is 0.123 e. The average molecular weight is 249 g/mol. The zero-order valence-corrected chi connectivity index (χ0v) is 9.66. The Morgan fingerprint density at radius 3 is 2.47 bits per heavy atom. The van der Waals surface area contributed by atoms with Crippen LogP contribution in [0.1, 0.15) is 5.56 Å². The number of hydrazone groups is 1. The Kier molecular flexibility index (Phi) is 3.73. The predicted octanol–water partition coefficient (Wildman–Crippen LogP) is 3.93. The van der Waals surface area contributed by atoms with Gasteiger partial charge in [-0.25, -0.2) is 4.39 Å². The molecule has 0 amide bonds. The monoisotopic (exact) mass is 248 g/mol. The molecular weight excluding hydrogens is 239 g/mol. The number of benzene rings is 2. The van der Waals surface area contributed by atoms with Gasteiger partial charge in [0.2, 0.25) is 0 Å². The number of rotatable bonds is 3. The van der Waals surface area contributed by atoms with Gasteiger partial charge >= 0.3 is 0 Å². The van der Waals surface area contributed by atoms with E-state index in [1.165, 1.54) is 12.1 Å². The fourth-order valence-electron chi connectivity index (χ4n) is 1.28. The van der Waals surface area contributed by atoms with E-state index in [4.69, 9.17) is 11.6 Å². The summed E-state index contributed by atoms with van der Waals surface area (Å²) in [6.07, 6.45) is 1.62. The van der Waals surface area contributed by atoms with Gasteiger partial charge in [-0.05, 0) is 30.3 Å². The Hall–Kier alpha value is -1.87. The van der Waals surface area contributed by atoms with Gasteiger partial charge in [-0.1, -0.05) is 29.8 Å². The fourth-order valence-corrected chi connectivity index (χ4v) is 1.47. The van der Waals surface area contributed by atoms with Gasteiger partial charge in [0.1, 0.15) is 5.82 Å². The Balaban J connectivity index is 2.03. The zero-order valence-electron chi connectivity index (χ0n) is 8.90. The minimum atomic E-state index is -0.273. The zero-order chi connectivity index (χ0) is 12.1. The summed E-state index contributed by atoms with van der Waals surface area (Å²) in [4.78, 5) is 0. The second-order valence-corrected chi connectivity index (χ2v) is 3.81. The average Bonchev–Trinajstić information content (AvgIpc) is 2.34. The molecule has 1 N–H and O–H groups in total. The van der Waals surface area contributed by atoms with E-state index in [0.29, 0.717) is 5.02 Å². The first-order valence-electron chi connectivity index (χ1n) is 5.05. The Labute approximate surface area is 104 Å². The molecule has 17 heavy (non-hydrogen) atoms. The van der Waals surface area contributed by atoms with E-state index in [2.05, 4.69) is 10.5 Å². The third kappa shape index (κ3) is 3.29. The standard InChI is InChI=1S/C13H10ClFN2/c14-13-4-2-1-3-10(13)9-16-17-12-7-5-11(15)6-8-12/h1-9,17H/b16-9-. The van der Waals surface area contributed by atoms with Crippen molar-refractivity contribution < 1.29 is 4.39 Å². The summed E-state index contributed by atoms with van der Waals surface area (Å²) in [6.45, 7) is 0. The third-order valence-electron chi connectivity index (χ3n) is 2.15. The molecule has 2 nitrogen and oxygen atoms in total. The number of nitrogens with one attached hydrogen (secondary N) is 1. The topological polar surface area (TPSA) is 24.4 Å². The van der Waals surface area contributed by atoms with Crippen molar-refractivity contribution in [1.29, 1.82) is 0 Å². The van der Waals surface area contributed by atoms with Crippen molar-refractivity contribution in [3.8, 4) is 0 Å². The molecule has 0 atom stereocenters. The highest BCUT2D eigenvalue weighted by Crippen LogP contribution is 2.13. The van der Waals surface area contributed by atoms with Crippen LogP contribution in [0, 0.1) is 5.82 Å². The maximum Gasteiger partial charge on any atom is 0.123 e. The summed E-state index contributed by atoms with van der Waals surface area (Å²) in [7, 11) is 0. The Bertz CT molecular complexity index is 523. The number of nitrogens with zero attached hydrogens (tertiary/aromatic N) is 1. The maximum atomic E-state index is 12.6. The van der Waals surface area contributed by atoms with Crippen molar-refractivity contribution in [3.63, 3.8) is 0 Å². The van der Waals surface area contributed by atoms with Crippen LogP contribution in [-0.2, 0) is 0 Å².